The molecule has 0 fully saturated rings. The minimum Gasteiger partial charge on any atom is -0.351 e. The van der Waals surface area contributed by atoms with Gasteiger partial charge in [-0.3, -0.25) is 9.59 Å². The van der Waals surface area contributed by atoms with Gasteiger partial charge in [-0.1, -0.05) is 37.3 Å². The third-order valence-corrected chi connectivity index (χ3v) is 4.82. The fourth-order valence-electron chi connectivity index (χ4n) is 3.46. The molecule has 2 aromatic heterocycles. The van der Waals surface area contributed by atoms with Crippen molar-refractivity contribution in [2.24, 2.45) is 0 Å². The largest absolute Gasteiger partial charge is 0.351 e. The van der Waals surface area contributed by atoms with E-state index in [9.17, 15) is 9.59 Å². The van der Waals surface area contributed by atoms with Gasteiger partial charge >= 0.3 is 0 Å². The van der Waals surface area contributed by atoms with E-state index in [0.717, 1.165) is 12.0 Å². The van der Waals surface area contributed by atoms with Crippen LogP contribution in [-0.4, -0.2) is 49.3 Å². The lowest BCUT2D eigenvalue weighted by Gasteiger charge is -2.36. The Balaban J connectivity index is 1.73. The third kappa shape index (κ3) is 3.28. The minimum atomic E-state index is -0.376. The van der Waals surface area contributed by atoms with E-state index in [1.165, 1.54) is 12.5 Å². The molecule has 1 atom stereocenters. The van der Waals surface area contributed by atoms with Crippen molar-refractivity contribution in [2.45, 2.75) is 25.9 Å². The highest BCUT2D eigenvalue weighted by molar-refractivity contribution is 5.93. The van der Waals surface area contributed by atoms with Gasteiger partial charge < -0.3 is 19.8 Å². The lowest BCUT2D eigenvalue weighted by molar-refractivity contribution is 0.0653. The Morgan fingerprint density at radius 2 is 2.07 bits per heavy atom. The van der Waals surface area contributed by atoms with Crippen molar-refractivity contribution < 1.29 is 9.59 Å². The Labute approximate surface area is 162 Å². The van der Waals surface area contributed by atoms with Crippen LogP contribution in [0.5, 0.6) is 0 Å². The van der Waals surface area contributed by atoms with E-state index in [-0.39, 0.29) is 17.9 Å². The molecule has 0 saturated carbocycles. The van der Waals surface area contributed by atoms with Crippen molar-refractivity contribution in [1.29, 1.82) is 0 Å². The fraction of sp³-hybridized carbons (Fsp3) is 0.300. The molecule has 2 N–H and O–H groups in total. The monoisotopic (exact) mass is 378 g/mol. The van der Waals surface area contributed by atoms with Crippen LogP contribution in [0.4, 0.5) is 0 Å². The molecule has 1 aromatic carbocycles. The maximum absolute atomic E-state index is 13.1. The Bertz CT molecular complexity index is 964. The summed E-state index contributed by atoms with van der Waals surface area (Å²) in [4.78, 5) is 38.7. The van der Waals surface area contributed by atoms with E-state index in [4.69, 9.17) is 0 Å². The highest BCUT2D eigenvalue weighted by Gasteiger charge is 2.35. The van der Waals surface area contributed by atoms with Crippen LogP contribution in [0.15, 0.2) is 49.1 Å². The number of rotatable bonds is 5. The highest BCUT2D eigenvalue weighted by atomic mass is 16.2. The van der Waals surface area contributed by atoms with Gasteiger partial charge in [0, 0.05) is 25.8 Å². The molecule has 8 heteroatoms. The van der Waals surface area contributed by atoms with Gasteiger partial charge in [-0.2, -0.15) is 0 Å². The molecular formula is C20H22N6O2. The van der Waals surface area contributed by atoms with Crippen LogP contribution in [0.3, 0.4) is 0 Å². The first kappa shape index (κ1) is 18.0. The molecule has 28 heavy (non-hydrogen) atoms. The van der Waals surface area contributed by atoms with Gasteiger partial charge in [0.1, 0.15) is 23.3 Å². The van der Waals surface area contributed by atoms with Crippen LogP contribution in [0.1, 0.15) is 51.8 Å². The number of nitrogens with zero attached hydrogens (tertiary/aromatic N) is 4. The Hall–Kier alpha value is -3.42. The van der Waals surface area contributed by atoms with Gasteiger partial charge in [-0.25, -0.2) is 9.97 Å². The number of aromatic amines is 1. The van der Waals surface area contributed by atoms with Gasteiger partial charge in [-0.05, 0) is 12.0 Å². The smallest absolute Gasteiger partial charge is 0.272 e. The van der Waals surface area contributed by atoms with Crippen LogP contribution in [-0.2, 0) is 6.54 Å². The summed E-state index contributed by atoms with van der Waals surface area (Å²) in [5, 5.41) is 2.86. The van der Waals surface area contributed by atoms with Crippen molar-refractivity contribution in [3.8, 4) is 0 Å². The van der Waals surface area contributed by atoms with E-state index in [0.29, 0.717) is 36.8 Å². The molecular weight excluding hydrogens is 356 g/mol. The minimum absolute atomic E-state index is 0.141. The highest BCUT2D eigenvalue weighted by Crippen LogP contribution is 2.32. The lowest BCUT2D eigenvalue weighted by Crippen LogP contribution is -2.42. The van der Waals surface area contributed by atoms with E-state index < -0.39 is 0 Å². The summed E-state index contributed by atoms with van der Waals surface area (Å²) in [5.74, 6) is 0.353. The Morgan fingerprint density at radius 3 is 2.79 bits per heavy atom. The van der Waals surface area contributed by atoms with E-state index in [1.54, 1.807) is 11.1 Å². The molecule has 0 saturated heterocycles. The molecule has 0 aliphatic carbocycles. The normalized spacial score (nSPS) is 15.9. The Morgan fingerprint density at radius 1 is 1.25 bits per heavy atom. The number of fused-ring (bicyclic) bond motifs is 1. The average molecular weight is 378 g/mol. The van der Waals surface area contributed by atoms with E-state index in [1.807, 2.05) is 41.8 Å². The summed E-state index contributed by atoms with van der Waals surface area (Å²) < 4.78 is 1.97. The zero-order valence-electron chi connectivity index (χ0n) is 15.6. The van der Waals surface area contributed by atoms with Gasteiger partial charge in [-0.15, -0.1) is 0 Å². The molecule has 0 radical (unpaired) electrons. The summed E-state index contributed by atoms with van der Waals surface area (Å²) in [6.45, 7) is 3.69. The van der Waals surface area contributed by atoms with Crippen LogP contribution in [0.25, 0.3) is 0 Å². The van der Waals surface area contributed by atoms with Crippen molar-refractivity contribution in [2.75, 3.05) is 13.1 Å². The number of nitrogens with one attached hydrogen (secondary N) is 2. The first-order valence-electron chi connectivity index (χ1n) is 9.38. The summed E-state index contributed by atoms with van der Waals surface area (Å²) in [7, 11) is 0. The molecule has 8 nitrogen and oxygen atoms in total. The first-order chi connectivity index (χ1) is 13.7. The number of aromatic nitrogens is 4. The number of hydrogen-bond acceptors (Lipinski definition) is 4. The topological polar surface area (TPSA) is 95.9 Å². The molecule has 2 amide bonds. The fourth-order valence-corrected chi connectivity index (χ4v) is 3.46. The van der Waals surface area contributed by atoms with Crippen LogP contribution in [0, 0.1) is 0 Å². The van der Waals surface area contributed by atoms with Crippen LogP contribution < -0.4 is 5.32 Å². The SMILES string of the molecule is CCCNC(=O)c1cn2c(n1)C(c1ccccc1)N(C(=O)c1cnc[nH]1)CC2. The molecule has 1 aliphatic rings. The summed E-state index contributed by atoms with van der Waals surface area (Å²) >= 11 is 0. The predicted molar refractivity (Wildman–Crippen MR) is 103 cm³/mol. The molecule has 0 bridgehead atoms. The van der Waals surface area contributed by atoms with E-state index >= 15 is 0 Å². The number of amides is 2. The molecule has 1 unspecified atom stereocenters. The summed E-state index contributed by atoms with van der Waals surface area (Å²) in [6, 6.07) is 9.37. The second-order valence-electron chi connectivity index (χ2n) is 6.71. The Kier molecular flexibility index (Phi) is 4.92. The first-order valence-corrected chi connectivity index (χ1v) is 9.38. The zero-order valence-corrected chi connectivity index (χ0v) is 15.6. The van der Waals surface area contributed by atoms with Crippen molar-refractivity contribution >= 4 is 11.8 Å². The molecule has 144 valence electrons. The van der Waals surface area contributed by atoms with Gasteiger partial charge in [0.05, 0.1) is 12.5 Å². The summed E-state index contributed by atoms with van der Waals surface area (Å²) in [5.41, 5.74) is 1.75. The van der Waals surface area contributed by atoms with Crippen molar-refractivity contribution in [1.82, 2.24) is 29.7 Å². The number of carbonyl (C=O) groups excluding carboxylic acids is 2. The van der Waals surface area contributed by atoms with Gasteiger partial charge in [0.2, 0.25) is 0 Å². The molecule has 3 heterocycles. The van der Waals surface area contributed by atoms with Gasteiger partial charge in [0.15, 0.2) is 0 Å². The number of hydrogen-bond donors (Lipinski definition) is 2. The number of H-pyrrole nitrogens is 1. The van der Waals surface area contributed by atoms with Crippen LogP contribution in [0.2, 0.25) is 0 Å². The number of carbonyl (C=O) groups is 2. The predicted octanol–water partition coefficient (Wildman–Crippen LogP) is 1.99. The maximum Gasteiger partial charge on any atom is 0.272 e. The lowest BCUT2D eigenvalue weighted by atomic mass is 10.0. The average Bonchev–Trinajstić information content (AvgIpc) is 3.41. The second kappa shape index (κ2) is 7.67. The van der Waals surface area contributed by atoms with Crippen LogP contribution >= 0.6 is 0 Å². The van der Waals surface area contributed by atoms with Gasteiger partial charge in [0.25, 0.3) is 11.8 Å². The molecule has 1 aliphatic heterocycles. The number of benzene rings is 1. The zero-order chi connectivity index (χ0) is 19.5. The second-order valence-corrected chi connectivity index (χ2v) is 6.71. The van der Waals surface area contributed by atoms with Crippen molar-refractivity contribution in [3.05, 3.63) is 71.8 Å². The van der Waals surface area contributed by atoms with E-state index in [2.05, 4.69) is 20.3 Å². The van der Waals surface area contributed by atoms with Crippen molar-refractivity contribution in [3.63, 3.8) is 0 Å². The maximum atomic E-state index is 13.1. The third-order valence-electron chi connectivity index (χ3n) is 4.82. The molecule has 0 spiro atoms. The summed E-state index contributed by atoms with van der Waals surface area (Å²) in [6.07, 6.45) is 5.65. The molecule has 4 rings (SSSR count). The number of imidazole rings is 2. The standard InChI is InChI=1S/C20H22N6O2/c1-2-8-22-19(27)16-12-25-9-10-26(20(28)15-11-21-13-23-15)17(18(25)24-16)14-6-4-3-5-7-14/h3-7,11-13,17H,2,8-10H2,1H3,(H,21,23)(H,22,27). The molecule has 3 aromatic rings. The quantitative estimate of drug-likeness (QED) is 0.710.